The van der Waals surface area contributed by atoms with Crippen molar-refractivity contribution in [2.75, 3.05) is 5.32 Å². The Bertz CT molecular complexity index is 680. The molecule has 2 aromatic rings. The quantitative estimate of drug-likeness (QED) is 0.844. The van der Waals surface area contributed by atoms with Crippen LogP contribution in [0.15, 0.2) is 48.7 Å². The topological polar surface area (TPSA) is 41.1 Å². The van der Waals surface area contributed by atoms with E-state index in [0.29, 0.717) is 10.7 Å². The van der Waals surface area contributed by atoms with Crippen LogP contribution in [-0.4, -0.2) is 6.03 Å². The fourth-order valence-corrected chi connectivity index (χ4v) is 2.06. The fourth-order valence-electron chi connectivity index (χ4n) is 1.88. The first-order valence-electron chi connectivity index (χ1n) is 6.63. The lowest BCUT2D eigenvalue weighted by atomic mass is 10.1. The molecule has 2 rings (SSSR count). The highest BCUT2D eigenvalue weighted by Gasteiger charge is 2.04. The minimum atomic E-state index is -0.301. The van der Waals surface area contributed by atoms with E-state index >= 15 is 0 Å². The third kappa shape index (κ3) is 4.10. The summed E-state index contributed by atoms with van der Waals surface area (Å²) >= 11 is 6.01. The first-order chi connectivity index (χ1) is 10.1. The molecule has 0 bridgehead atoms. The number of hydrogen-bond donors (Lipinski definition) is 2. The number of hydrogen-bond acceptors (Lipinski definition) is 1. The second-order valence-electron chi connectivity index (χ2n) is 4.70. The monoisotopic (exact) mass is 300 g/mol. The Morgan fingerprint density at radius 3 is 2.62 bits per heavy atom. The maximum Gasteiger partial charge on any atom is 0.323 e. The van der Waals surface area contributed by atoms with Crippen molar-refractivity contribution in [3.05, 3.63) is 70.4 Å². The van der Waals surface area contributed by atoms with E-state index in [9.17, 15) is 4.79 Å². The van der Waals surface area contributed by atoms with Gasteiger partial charge in [-0.1, -0.05) is 41.9 Å². The molecular formula is C17H17ClN2O. The van der Waals surface area contributed by atoms with Crippen molar-refractivity contribution < 1.29 is 4.79 Å². The summed E-state index contributed by atoms with van der Waals surface area (Å²) in [6.07, 6.45) is 3.48. The van der Waals surface area contributed by atoms with E-state index in [1.54, 1.807) is 18.3 Å². The van der Waals surface area contributed by atoms with E-state index in [1.165, 1.54) is 0 Å². The normalized spacial score (nSPS) is 10.6. The van der Waals surface area contributed by atoms with Crippen molar-refractivity contribution in [2.24, 2.45) is 0 Å². The van der Waals surface area contributed by atoms with Crippen molar-refractivity contribution in [1.29, 1.82) is 0 Å². The molecule has 0 saturated carbocycles. The molecule has 0 fully saturated rings. The van der Waals surface area contributed by atoms with Crippen LogP contribution >= 0.6 is 11.6 Å². The van der Waals surface area contributed by atoms with Gasteiger partial charge in [-0.3, -0.25) is 0 Å². The summed E-state index contributed by atoms with van der Waals surface area (Å²) in [7, 11) is 0. The second-order valence-corrected chi connectivity index (χ2v) is 5.11. The molecule has 4 heteroatoms. The van der Waals surface area contributed by atoms with Gasteiger partial charge in [0.25, 0.3) is 0 Å². The molecule has 0 aliphatic carbocycles. The van der Waals surface area contributed by atoms with Crippen molar-refractivity contribution >= 4 is 29.4 Å². The van der Waals surface area contributed by atoms with E-state index in [2.05, 4.69) is 10.6 Å². The highest BCUT2D eigenvalue weighted by Crippen LogP contribution is 2.22. The van der Waals surface area contributed by atoms with E-state index in [4.69, 9.17) is 11.6 Å². The zero-order valence-corrected chi connectivity index (χ0v) is 12.7. The molecule has 0 saturated heterocycles. The molecule has 0 unspecified atom stereocenters. The molecule has 2 amide bonds. The Labute approximate surface area is 129 Å². The highest BCUT2D eigenvalue weighted by atomic mass is 35.5. The largest absolute Gasteiger partial charge is 0.323 e. The fraction of sp³-hybridized carbons (Fsp3) is 0.118. The summed E-state index contributed by atoms with van der Waals surface area (Å²) in [6, 6.07) is 13.1. The zero-order chi connectivity index (χ0) is 15.2. The van der Waals surface area contributed by atoms with Gasteiger partial charge in [0, 0.05) is 16.9 Å². The summed E-state index contributed by atoms with van der Waals surface area (Å²) in [6.45, 7) is 3.89. The number of aryl methyl sites for hydroxylation is 1. The molecule has 0 aliphatic heterocycles. The van der Waals surface area contributed by atoms with Gasteiger partial charge >= 0.3 is 6.03 Å². The predicted octanol–water partition coefficient (Wildman–Crippen LogP) is 4.75. The first kappa shape index (κ1) is 15.1. The molecule has 0 heterocycles. The third-order valence-corrected chi connectivity index (χ3v) is 3.59. The van der Waals surface area contributed by atoms with E-state index in [1.807, 2.05) is 50.3 Å². The van der Waals surface area contributed by atoms with Gasteiger partial charge in [-0.25, -0.2) is 4.79 Å². The van der Waals surface area contributed by atoms with Crippen LogP contribution in [0.3, 0.4) is 0 Å². The van der Waals surface area contributed by atoms with E-state index in [0.717, 1.165) is 16.7 Å². The Hall–Kier alpha value is -2.26. The average molecular weight is 301 g/mol. The molecular weight excluding hydrogens is 284 g/mol. The summed E-state index contributed by atoms with van der Waals surface area (Å²) in [5, 5.41) is 6.07. The third-order valence-electron chi connectivity index (χ3n) is 3.18. The Morgan fingerprint density at radius 1 is 1.10 bits per heavy atom. The summed E-state index contributed by atoms with van der Waals surface area (Å²) < 4.78 is 0. The minimum Gasteiger partial charge on any atom is -0.314 e. The van der Waals surface area contributed by atoms with Crippen molar-refractivity contribution in [1.82, 2.24) is 5.32 Å². The van der Waals surface area contributed by atoms with E-state index in [-0.39, 0.29) is 6.03 Å². The van der Waals surface area contributed by atoms with Crippen molar-refractivity contribution in [3.63, 3.8) is 0 Å². The number of halogens is 1. The lowest BCUT2D eigenvalue weighted by molar-refractivity contribution is 0.255. The van der Waals surface area contributed by atoms with Gasteiger partial charge in [0.2, 0.25) is 0 Å². The molecule has 21 heavy (non-hydrogen) atoms. The van der Waals surface area contributed by atoms with Crippen LogP contribution in [0.25, 0.3) is 6.08 Å². The van der Waals surface area contributed by atoms with Gasteiger partial charge in [0.05, 0.1) is 0 Å². The number of carbonyl (C=O) groups is 1. The van der Waals surface area contributed by atoms with Crippen LogP contribution in [0.5, 0.6) is 0 Å². The van der Waals surface area contributed by atoms with Crippen LogP contribution in [0.1, 0.15) is 16.7 Å². The van der Waals surface area contributed by atoms with Gasteiger partial charge in [-0.05, 0) is 48.7 Å². The van der Waals surface area contributed by atoms with E-state index < -0.39 is 0 Å². The molecule has 0 aliphatic rings. The SMILES string of the molecule is Cc1ccccc1/C=C/NC(=O)Nc1cccc(Cl)c1C. The van der Waals surface area contributed by atoms with Crippen LogP contribution in [0.4, 0.5) is 10.5 Å². The van der Waals surface area contributed by atoms with Crippen molar-refractivity contribution in [2.45, 2.75) is 13.8 Å². The van der Waals surface area contributed by atoms with Gasteiger partial charge in [-0.2, -0.15) is 0 Å². The smallest absolute Gasteiger partial charge is 0.314 e. The number of amides is 2. The molecule has 2 aromatic carbocycles. The molecule has 0 aromatic heterocycles. The van der Waals surface area contributed by atoms with Gasteiger partial charge in [0.15, 0.2) is 0 Å². The van der Waals surface area contributed by atoms with Gasteiger partial charge in [-0.15, -0.1) is 0 Å². The van der Waals surface area contributed by atoms with Gasteiger partial charge in [0.1, 0.15) is 0 Å². The summed E-state index contributed by atoms with van der Waals surface area (Å²) in [4.78, 5) is 11.8. The molecule has 2 N–H and O–H groups in total. The lowest BCUT2D eigenvalue weighted by Gasteiger charge is -2.09. The maximum absolute atomic E-state index is 11.8. The molecule has 108 valence electrons. The van der Waals surface area contributed by atoms with Crippen molar-refractivity contribution in [3.8, 4) is 0 Å². The zero-order valence-electron chi connectivity index (χ0n) is 12.0. The Balaban J connectivity index is 1.97. The number of benzene rings is 2. The number of rotatable bonds is 3. The Kier molecular flexibility index (Phi) is 5.01. The predicted molar refractivity (Wildman–Crippen MR) is 88.6 cm³/mol. The standard InChI is InChI=1S/C17H17ClN2O/c1-12-6-3-4-7-14(12)10-11-19-17(21)20-16-9-5-8-15(18)13(16)2/h3-11H,1-2H3,(H2,19,20,21)/b11-10+. The minimum absolute atomic E-state index is 0.301. The summed E-state index contributed by atoms with van der Waals surface area (Å²) in [5.74, 6) is 0. The lowest BCUT2D eigenvalue weighted by Crippen LogP contribution is -2.24. The maximum atomic E-state index is 11.8. The van der Waals surface area contributed by atoms with Crippen LogP contribution in [0, 0.1) is 13.8 Å². The van der Waals surface area contributed by atoms with Crippen LogP contribution in [0.2, 0.25) is 5.02 Å². The highest BCUT2D eigenvalue weighted by molar-refractivity contribution is 6.31. The molecule has 0 atom stereocenters. The average Bonchev–Trinajstić information content (AvgIpc) is 2.46. The molecule has 0 radical (unpaired) electrons. The number of urea groups is 1. The van der Waals surface area contributed by atoms with Gasteiger partial charge < -0.3 is 10.6 Å². The second kappa shape index (κ2) is 6.95. The number of anilines is 1. The number of nitrogens with one attached hydrogen (secondary N) is 2. The first-order valence-corrected chi connectivity index (χ1v) is 7.00. The Morgan fingerprint density at radius 2 is 1.86 bits per heavy atom. The number of carbonyl (C=O) groups excluding carboxylic acids is 1. The summed E-state index contributed by atoms with van der Waals surface area (Å²) in [5.41, 5.74) is 3.76. The van der Waals surface area contributed by atoms with Crippen LogP contribution in [-0.2, 0) is 0 Å². The molecule has 0 spiro atoms. The molecule has 3 nitrogen and oxygen atoms in total. The van der Waals surface area contributed by atoms with Crippen LogP contribution < -0.4 is 10.6 Å².